The van der Waals surface area contributed by atoms with Gasteiger partial charge in [0.25, 0.3) is 0 Å². The van der Waals surface area contributed by atoms with Crippen LogP contribution in [0, 0.1) is 0 Å². The Bertz CT molecular complexity index is 1020. The lowest BCUT2D eigenvalue weighted by atomic mass is 10.0. The predicted octanol–water partition coefficient (Wildman–Crippen LogP) is 3.81. The van der Waals surface area contributed by atoms with Gasteiger partial charge in [0.05, 0.1) is 11.1 Å². The van der Waals surface area contributed by atoms with Crippen LogP contribution in [0.2, 0.25) is 0 Å². The van der Waals surface area contributed by atoms with Crippen molar-refractivity contribution >= 4 is 33.5 Å². The number of hydrogen-bond donors (Lipinski definition) is 2. The Kier molecular flexibility index (Phi) is 5.56. The first kappa shape index (κ1) is 18.3. The van der Waals surface area contributed by atoms with E-state index in [1.807, 2.05) is 60.7 Å². The van der Waals surface area contributed by atoms with Crippen molar-refractivity contribution < 1.29 is 14.3 Å². The number of benzene rings is 4. The summed E-state index contributed by atoms with van der Waals surface area (Å²) < 4.78 is 5.16. The van der Waals surface area contributed by atoms with Gasteiger partial charge in [0.15, 0.2) is 0 Å². The molecule has 0 aromatic heterocycles. The highest BCUT2D eigenvalue weighted by Crippen LogP contribution is 2.22. The van der Waals surface area contributed by atoms with Gasteiger partial charge in [-0.2, -0.15) is 0 Å². The molecule has 0 spiro atoms. The minimum absolute atomic E-state index is 0.381. The second-order valence-corrected chi connectivity index (χ2v) is 5.73. The van der Waals surface area contributed by atoms with Gasteiger partial charge >= 0.3 is 11.9 Å². The number of carbonyl (C=O) groups is 2. The minimum atomic E-state index is -0.644. The van der Waals surface area contributed by atoms with E-state index in [1.165, 1.54) is 0 Å². The van der Waals surface area contributed by atoms with E-state index in [2.05, 4.69) is 11.7 Å². The average Bonchev–Trinajstić information content (AvgIpc) is 2.74. The lowest BCUT2D eigenvalue weighted by molar-refractivity contribution is 0.0400. The van der Waals surface area contributed by atoms with Gasteiger partial charge in [-0.1, -0.05) is 72.8 Å². The maximum atomic E-state index is 12.5. The number of hydrogen-bond acceptors (Lipinski definition) is 5. The van der Waals surface area contributed by atoms with Crippen molar-refractivity contribution in [2.75, 3.05) is 0 Å². The van der Waals surface area contributed by atoms with Gasteiger partial charge in [-0.15, -0.1) is 0 Å². The fourth-order valence-corrected chi connectivity index (χ4v) is 3.00. The molecule has 0 heterocycles. The molecule has 0 bridgehead atoms. The monoisotopic (exact) mass is 358 g/mol. The van der Waals surface area contributed by atoms with E-state index in [-0.39, 0.29) is 0 Å². The number of esters is 2. The van der Waals surface area contributed by atoms with Gasteiger partial charge in [0.1, 0.15) is 0 Å². The van der Waals surface area contributed by atoms with Gasteiger partial charge in [0.2, 0.25) is 0 Å². The highest BCUT2D eigenvalue weighted by atomic mass is 16.6. The van der Waals surface area contributed by atoms with Crippen molar-refractivity contribution in [3.8, 4) is 0 Å². The summed E-state index contributed by atoms with van der Waals surface area (Å²) in [5.74, 6) is 6.71. The summed E-state index contributed by atoms with van der Waals surface area (Å²) in [6, 6.07) is 25.7. The Balaban J connectivity index is 0.00000102. The molecule has 0 saturated carbocycles. The molecule has 0 aliphatic heterocycles. The summed E-state index contributed by atoms with van der Waals surface area (Å²) in [6.45, 7) is 0. The second kappa shape index (κ2) is 8.23. The molecule has 5 heteroatoms. The fraction of sp³-hybridized carbons (Fsp3) is 0. The molecule has 4 aromatic carbocycles. The van der Waals surface area contributed by atoms with Gasteiger partial charge < -0.3 is 4.74 Å². The molecule has 0 fully saturated rings. The van der Waals surface area contributed by atoms with E-state index in [1.54, 1.807) is 24.3 Å². The van der Waals surface area contributed by atoms with Crippen LogP contribution in [0.1, 0.15) is 20.7 Å². The van der Waals surface area contributed by atoms with Crippen LogP contribution in [0.15, 0.2) is 84.9 Å². The van der Waals surface area contributed by atoms with Gasteiger partial charge in [-0.05, 0) is 33.7 Å². The Morgan fingerprint density at radius 2 is 0.926 bits per heavy atom. The van der Waals surface area contributed by atoms with E-state index in [0.717, 1.165) is 21.5 Å². The summed E-state index contributed by atoms with van der Waals surface area (Å²) >= 11 is 0. The standard InChI is InChI=1S/C22H14O3.H4N2/c23-21(19-13-5-9-15-7-1-3-11-17(15)19)25-22(24)20-14-6-10-16-8-2-4-12-18(16)20;1-2/h1-14H;1-2H2. The molecule has 0 unspecified atom stereocenters. The number of hydrazine groups is 1. The molecular formula is C22H18N2O3. The van der Waals surface area contributed by atoms with E-state index in [9.17, 15) is 9.59 Å². The molecule has 0 radical (unpaired) electrons. The van der Waals surface area contributed by atoms with E-state index >= 15 is 0 Å². The summed E-state index contributed by atoms with van der Waals surface area (Å²) in [6.07, 6.45) is 0. The zero-order valence-electron chi connectivity index (χ0n) is 14.5. The molecule has 4 N–H and O–H groups in total. The summed E-state index contributed by atoms with van der Waals surface area (Å²) in [5, 5.41) is 3.38. The van der Waals surface area contributed by atoms with Crippen molar-refractivity contribution in [1.29, 1.82) is 0 Å². The van der Waals surface area contributed by atoms with Crippen molar-refractivity contribution in [2.24, 2.45) is 11.7 Å². The van der Waals surface area contributed by atoms with Crippen LogP contribution in [-0.4, -0.2) is 11.9 Å². The Morgan fingerprint density at radius 1 is 0.556 bits per heavy atom. The van der Waals surface area contributed by atoms with Crippen LogP contribution in [0.25, 0.3) is 21.5 Å². The quantitative estimate of drug-likeness (QED) is 0.246. The van der Waals surface area contributed by atoms with Crippen molar-refractivity contribution in [3.63, 3.8) is 0 Å². The average molecular weight is 358 g/mol. The lowest BCUT2D eigenvalue weighted by Crippen LogP contribution is -2.13. The number of rotatable bonds is 2. The first-order chi connectivity index (χ1) is 13.2. The molecule has 0 aliphatic carbocycles. The van der Waals surface area contributed by atoms with Crippen LogP contribution in [0.5, 0.6) is 0 Å². The Morgan fingerprint density at radius 3 is 1.37 bits per heavy atom. The molecular weight excluding hydrogens is 340 g/mol. The molecule has 27 heavy (non-hydrogen) atoms. The smallest absolute Gasteiger partial charge is 0.346 e. The normalized spacial score (nSPS) is 10.1. The van der Waals surface area contributed by atoms with E-state index < -0.39 is 11.9 Å². The highest BCUT2D eigenvalue weighted by molar-refractivity contribution is 6.12. The van der Waals surface area contributed by atoms with Gasteiger partial charge in [0, 0.05) is 0 Å². The molecule has 4 aromatic rings. The summed E-state index contributed by atoms with van der Waals surface area (Å²) in [5.41, 5.74) is 0.762. The summed E-state index contributed by atoms with van der Waals surface area (Å²) in [4.78, 5) is 25.1. The molecule has 0 saturated heterocycles. The number of ether oxygens (including phenoxy) is 1. The maximum absolute atomic E-state index is 12.5. The number of fused-ring (bicyclic) bond motifs is 2. The van der Waals surface area contributed by atoms with Crippen molar-refractivity contribution in [3.05, 3.63) is 96.1 Å². The van der Waals surface area contributed by atoms with Crippen molar-refractivity contribution in [1.82, 2.24) is 0 Å². The van der Waals surface area contributed by atoms with Crippen LogP contribution in [-0.2, 0) is 4.74 Å². The molecule has 4 rings (SSSR count). The largest absolute Gasteiger partial charge is 0.386 e. The minimum Gasteiger partial charge on any atom is -0.386 e. The fourth-order valence-electron chi connectivity index (χ4n) is 3.00. The maximum Gasteiger partial charge on any atom is 0.346 e. The van der Waals surface area contributed by atoms with Gasteiger partial charge in [-0.25, -0.2) is 9.59 Å². The van der Waals surface area contributed by atoms with E-state index in [0.29, 0.717) is 11.1 Å². The third-order valence-corrected chi connectivity index (χ3v) is 4.20. The topological polar surface area (TPSA) is 95.4 Å². The first-order valence-electron chi connectivity index (χ1n) is 8.29. The summed E-state index contributed by atoms with van der Waals surface area (Å²) in [7, 11) is 0. The van der Waals surface area contributed by atoms with Gasteiger partial charge in [-0.3, -0.25) is 11.7 Å². The molecule has 0 amide bonds. The van der Waals surface area contributed by atoms with E-state index in [4.69, 9.17) is 4.74 Å². The Labute approximate surface area is 156 Å². The number of carbonyl (C=O) groups excluding carboxylic acids is 2. The zero-order valence-corrected chi connectivity index (χ0v) is 14.5. The van der Waals surface area contributed by atoms with Crippen molar-refractivity contribution in [2.45, 2.75) is 0 Å². The van der Waals surface area contributed by atoms with Crippen LogP contribution >= 0.6 is 0 Å². The second-order valence-electron chi connectivity index (χ2n) is 5.73. The SMILES string of the molecule is NN.O=C(OC(=O)c1cccc2ccccc12)c1cccc2ccccc12. The molecule has 0 aliphatic rings. The Hall–Kier alpha value is -3.54. The molecule has 5 nitrogen and oxygen atoms in total. The van der Waals surface area contributed by atoms with Crippen LogP contribution < -0.4 is 11.7 Å². The third-order valence-electron chi connectivity index (χ3n) is 4.20. The van der Waals surface area contributed by atoms with Crippen LogP contribution in [0.4, 0.5) is 0 Å². The lowest BCUT2D eigenvalue weighted by Gasteiger charge is -2.08. The predicted molar refractivity (Wildman–Crippen MR) is 106 cm³/mol. The number of nitrogens with two attached hydrogens (primary N) is 2. The molecule has 0 atom stereocenters. The third kappa shape index (κ3) is 3.69. The van der Waals surface area contributed by atoms with Crippen LogP contribution in [0.3, 0.4) is 0 Å². The first-order valence-corrected chi connectivity index (χ1v) is 8.29. The molecule has 134 valence electrons. The highest BCUT2D eigenvalue weighted by Gasteiger charge is 2.18. The zero-order chi connectivity index (χ0) is 19.2.